The van der Waals surface area contributed by atoms with Crippen LogP contribution in [0.4, 0.5) is 18.9 Å². The van der Waals surface area contributed by atoms with Crippen LogP contribution in [0.1, 0.15) is 10.4 Å². The zero-order chi connectivity index (χ0) is 11.6. The molecule has 0 saturated carbocycles. The van der Waals surface area contributed by atoms with Gasteiger partial charge in [-0.2, -0.15) is 0 Å². The highest BCUT2D eigenvalue weighted by atomic mass is 35.5. The highest BCUT2D eigenvalue weighted by molar-refractivity contribution is 6.33. The molecule has 0 bridgehead atoms. The Kier molecular flexibility index (Phi) is 3.09. The van der Waals surface area contributed by atoms with Crippen molar-refractivity contribution in [3.8, 4) is 5.75 Å². The number of nitrogen functional groups attached to an aromatic ring is 1. The number of aldehydes is 1. The minimum Gasteiger partial charge on any atom is -0.405 e. The maximum atomic E-state index is 11.9. The Hall–Kier alpha value is -1.43. The van der Waals surface area contributed by atoms with Gasteiger partial charge in [0.15, 0.2) is 6.29 Å². The van der Waals surface area contributed by atoms with Crippen molar-refractivity contribution in [3.63, 3.8) is 0 Å². The van der Waals surface area contributed by atoms with Gasteiger partial charge in [-0.3, -0.25) is 4.79 Å². The number of benzene rings is 1. The molecule has 1 aromatic rings. The Balaban J connectivity index is 3.16. The van der Waals surface area contributed by atoms with Gasteiger partial charge in [-0.1, -0.05) is 11.6 Å². The molecule has 2 N–H and O–H groups in total. The summed E-state index contributed by atoms with van der Waals surface area (Å²) >= 11 is 5.52. The van der Waals surface area contributed by atoms with Crippen molar-refractivity contribution < 1.29 is 22.7 Å². The van der Waals surface area contributed by atoms with Crippen molar-refractivity contribution in [2.24, 2.45) is 0 Å². The third-order valence-corrected chi connectivity index (χ3v) is 1.81. The molecule has 0 aliphatic rings. The van der Waals surface area contributed by atoms with Crippen molar-refractivity contribution in [3.05, 3.63) is 22.7 Å². The maximum absolute atomic E-state index is 11.9. The number of hydrogen-bond acceptors (Lipinski definition) is 3. The predicted molar refractivity (Wildman–Crippen MR) is 47.9 cm³/mol. The van der Waals surface area contributed by atoms with E-state index < -0.39 is 12.1 Å². The van der Waals surface area contributed by atoms with Crippen LogP contribution < -0.4 is 10.5 Å². The monoisotopic (exact) mass is 239 g/mol. The molecule has 0 amide bonds. The summed E-state index contributed by atoms with van der Waals surface area (Å²) in [6, 6.07) is 1.85. The zero-order valence-corrected chi connectivity index (χ0v) is 7.89. The third kappa shape index (κ3) is 3.02. The molecule has 0 spiro atoms. The van der Waals surface area contributed by atoms with Gasteiger partial charge < -0.3 is 10.5 Å². The molecule has 0 aliphatic heterocycles. The lowest BCUT2D eigenvalue weighted by Crippen LogP contribution is -2.18. The van der Waals surface area contributed by atoms with E-state index in [1.165, 1.54) is 0 Å². The first-order valence-electron chi connectivity index (χ1n) is 3.63. The quantitative estimate of drug-likeness (QED) is 0.638. The second-order valence-electron chi connectivity index (χ2n) is 2.58. The van der Waals surface area contributed by atoms with Crippen molar-refractivity contribution in [1.29, 1.82) is 0 Å². The number of halogens is 4. The van der Waals surface area contributed by atoms with Crippen LogP contribution in [0.15, 0.2) is 12.1 Å². The number of carbonyl (C=O) groups is 1. The standard InChI is InChI=1S/C8H5ClF3NO2/c9-5-1-4(3-14)7(2-6(5)13)15-8(10,11)12/h1-3H,13H2. The molecule has 0 heterocycles. The van der Waals surface area contributed by atoms with Gasteiger partial charge in [0.25, 0.3) is 0 Å². The van der Waals surface area contributed by atoms with Gasteiger partial charge in [-0.15, -0.1) is 13.2 Å². The molecule has 0 saturated heterocycles. The summed E-state index contributed by atoms with van der Waals surface area (Å²) in [5, 5.41) is -0.00776. The van der Waals surface area contributed by atoms with Crippen LogP contribution in [0, 0.1) is 0 Å². The number of anilines is 1. The average Bonchev–Trinajstić information content (AvgIpc) is 2.08. The molecule has 3 nitrogen and oxygen atoms in total. The van der Waals surface area contributed by atoms with Crippen molar-refractivity contribution in [2.45, 2.75) is 6.36 Å². The molecule has 0 unspecified atom stereocenters. The van der Waals surface area contributed by atoms with E-state index in [0.717, 1.165) is 12.1 Å². The molecule has 1 rings (SSSR count). The van der Waals surface area contributed by atoms with Crippen LogP contribution in [0.5, 0.6) is 5.75 Å². The van der Waals surface area contributed by atoms with Gasteiger partial charge in [-0.05, 0) is 6.07 Å². The third-order valence-electron chi connectivity index (χ3n) is 1.48. The highest BCUT2D eigenvalue weighted by Crippen LogP contribution is 2.31. The van der Waals surface area contributed by atoms with Crippen LogP contribution in [-0.4, -0.2) is 12.6 Å². The summed E-state index contributed by atoms with van der Waals surface area (Å²) in [7, 11) is 0. The Bertz CT molecular complexity index is 392. The molecule has 0 atom stereocenters. The van der Waals surface area contributed by atoms with E-state index >= 15 is 0 Å². The second kappa shape index (κ2) is 3.98. The molecule has 0 aromatic heterocycles. The van der Waals surface area contributed by atoms with E-state index in [-0.39, 0.29) is 22.6 Å². The van der Waals surface area contributed by atoms with E-state index in [1.807, 2.05) is 0 Å². The summed E-state index contributed by atoms with van der Waals surface area (Å²) in [5.74, 6) is -0.667. The Morgan fingerprint density at radius 1 is 1.40 bits per heavy atom. The van der Waals surface area contributed by atoms with Crippen LogP contribution in [0.25, 0.3) is 0 Å². The number of nitrogens with two attached hydrogens (primary N) is 1. The smallest absolute Gasteiger partial charge is 0.405 e. The second-order valence-corrected chi connectivity index (χ2v) is 2.98. The highest BCUT2D eigenvalue weighted by Gasteiger charge is 2.32. The number of alkyl halides is 3. The largest absolute Gasteiger partial charge is 0.573 e. The van der Waals surface area contributed by atoms with Crippen molar-refractivity contribution >= 4 is 23.6 Å². The fourth-order valence-corrected chi connectivity index (χ4v) is 1.06. The van der Waals surface area contributed by atoms with Gasteiger partial charge in [0, 0.05) is 6.07 Å². The van der Waals surface area contributed by atoms with Gasteiger partial charge in [0.1, 0.15) is 5.75 Å². The summed E-state index contributed by atoms with van der Waals surface area (Å²) in [6.07, 6.45) is -4.68. The molecule has 0 aliphatic carbocycles. The van der Waals surface area contributed by atoms with Crippen LogP contribution >= 0.6 is 11.6 Å². The van der Waals surface area contributed by atoms with Crippen LogP contribution in [0.2, 0.25) is 5.02 Å². The molecule has 82 valence electrons. The lowest BCUT2D eigenvalue weighted by Gasteiger charge is -2.11. The van der Waals surface area contributed by atoms with E-state index in [1.54, 1.807) is 0 Å². The first-order valence-corrected chi connectivity index (χ1v) is 4.01. The first-order chi connectivity index (χ1) is 6.83. The molecule has 1 aromatic carbocycles. The summed E-state index contributed by atoms with van der Waals surface area (Å²) < 4.78 is 39.2. The number of rotatable bonds is 2. The molecule has 15 heavy (non-hydrogen) atoms. The molecule has 0 radical (unpaired) electrons. The summed E-state index contributed by atoms with van der Waals surface area (Å²) in [6.45, 7) is 0. The van der Waals surface area contributed by atoms with Crippen LogP contribution in [0.3, 0.4) is 0 Å². The average molecular weight is 240 g/mol. The number of carbonyl (C=O) groups excluding carboxylic acids is 1. The van der Waals surface area contributed by atoms with Gasteiger partial charge in [0.2, 0.25) is 0 Å². The van der Waals surface area contributed by atoms with E-state index in [0.29, 0.717) is 0 Å². The minimum absolute atomic E-state index is 0.00776. The van der Waals surface area contributed by atoms with E-state index in [2.05, 4.69) is 4.74 Å². The normalized spacial score (nSPS) is 11.2. The zero-order valence-electron chi connectivity index (χ0n) is 7.14. The van der Waals surface area contributed by atoms with Gasteiger partial charge >= 0.3 is 6.36 Å². The maximum Gasteiger partial charge on any atom is 0.573 e. The topological polar surface area (TPSA) is 52.3 Å². The van der Waals surface area contributed by atoms with Gasteiger partial charge in [0.05, 0.1) is 16.3 Å². The van der Waals surface area contributed by atoms with Crippen LogP contribution in [-0.2, 0) is 0 Å². The fourth-order valence-electron chi connectivity index (χ4n) is 0.890. The fraction of sp³-hybridized carbons (Fsp3) is 0.125. The summed E-state index contributed by atoms with van der Waals surface area (Å²) in [5.41, 5.74) is 4.86. The minimum atomic E-state index is -4.88. The molecular weight excluding hydrogens is 235 g/mol. The lowest BCUT2D eigenvalue weighted by molar-refractivity contribution is -0.274. The van der Waals surface area contributed by atoms with Crippen molar-refractivity contribution in [2.75, 3.05) is 5.73 Å². The van der Waals surface area contributed by atoms with Crippen molar-refractivity contribution in [1.82, 2.24) is 0 Å². The SMILES string of the molecule is Nc1cc(OC(F)(F)F)c(C=O)cc1Cl. The Morgan fingerprint density at radius 2 is 2.00 bits per heavy atom. The van der Waals surface area contributed by atoms with E-state index in [4.69, 9.17) is 17.3 Å². The van der Waals surface area contributed by atoms with E-state index in [9.17, 15) is 18.0 Å². The predicted octanol–water partition coefficient (Wildman–Crippen LogP) is 2.63. The molecular formula is C8H5ClF3NO2. The molecule has 0 fully saturated rings. The lowest BCUT2D eigenvalue weighted by atomic mass is 10.2. The Morgan fingerprint density at radius 3 is 2.47 bits per heavy atom. The Labute approximate surface area is 87.6 Å². The number of hydrogen-bond donors (Lipinski definition) is 1. The van der Waals surface area contributed by atoms with Gasteiger partial charge in [-0.25, -0.2) is 0 Å². The first kappa shape index (κ1) is 11.6. The summed E-state index contributed by atoms with van der Waals surface area (Å²) in [4.78, 5) is 10.4. The number of ether oxygens (including phenoxy) is 1. The molecule has 7 heteroatoms.